The van der Waals surface area contributed by atoms with Crippen molar-refractivity contribution in [3.05, 3.63) is 33.8 Å². The van der Waals surface area contributed by atoms with Crippen molar-refractivity contribution < 1.29 is 17.9 Å². The van der Waals surface area contributed by atoms with Gasteiger partial charge in [-0.05, 0) is 24.6 Å². The number of pyridine rings is 1. The summed E-state index contributed by atoms with van der Waals surface area (Å²) in [6.45, 7) is 1.34. The molecule has 0 N–H and O–H groups in total. The lowest BCUT2D eigenvalue weighted by Gasteiger charge is -2.08. The normalized spacial score (nSPS) is 11.8. The van der Waals surface area contributed by atoms with E-state index in [1.807, 2.05) is 0 Å². The van der Waals surface area contributed by atoms with Crippen LogP contribution in [0, 0.1) is 12.1 Å². The van der Waals surface area contributed by atoms with Crippen LogP contribution in [0.5, 0.6) is 0 Å². The molecular formula is C7H5ClF3NO. The van der Waals surface area contributed by atoms with E-state index in [1.165, 1.54) is 6.92 Å². The van der Waals surface area contributed by atoms with Gasteiger partial charge in [-0.1, -0.05) is 0 Å². The van der Waals surface area contributed by atoms with Crippen molar-refractivity contribution in [3.63, 3.8) is 0 Å². The van der Waals surface area contributed by atoms with Crippen LogP contribution < -0.4 is 4.73 Å². The molecule has 0 amide bonds. The molecule has 1 heterocycles. The maximum atomic E-state index is 12.1. The van der Waals surface area contributed by atoms with Gasteiger partial charge in [0.15, 0.2) is 6.20 Å². The number of nitrogens with zero attached hydrogens (tertiary/aromatic N) is 1. The van der Waals surface area contributed by atoms with E-state index in [2.05, 4.69) is 0 Å². The van der Waals surface area contributed by atoms with Crippen molar-refractivity contribution in [2.45, 2.75) is 13.1 Å². The summed E-state index contributed by atoms with van der Waals surface area (Å²) in [5, 5.41) is 10.5. The first-order chi connectivity index (χ1) is 5.82. The van der Waals surface area contributed by atoms with E-state index >= 15 is 0 Å². The predicted octanol–water partition coefficient (Wildman–Crippen LogP) is 2.30. The summed E-state index contributed by atoms with van der Waals surface area (Å²) in [4.78, 5) is 0. The molecule has 0 aliphatic carbocycles. The lowest BCUT2D eigenvalue weighted by atomic mass is 10.2. The molecule has 72 valence electrons. The number of rotatable bonds is 0. The Kier molecular flexibility index (Phi) is 2.38. The van der Waals surface area contributed by atoms with Crippen molar-refractivity contribution in [3.8, 4) is 0 Å². The maximum Gasteiger partial charge on any atom is 0.422 e. The molecule has 0 bridgehead atoms. The van der Waals surface area contributed by atoms with Gasteiger partial charge in [-0.25, -0.2) is 0 Å². The standard InChI is InChI=1S/C7H5ClF3NO/c1-4-2-5(7(9,10)11)3-12(13)6(4)8/h2-3H,1H3. The Morgan fingerprint density at radius 3 is 2.38 bits per heavy atom. The van der Waals surface area contributed by atoms with Gasteiger partial charge in [0.25, 0.3) is 5.15 Å². The van der Waals surface area contributed by atoms with E-state index in [0.29, 0.717) is 6.20 Å². The van der Waals surface area contributed by atoms with Crippen molar-refractivity contribution in [2.24, 2.45) is 0 Å². The van der Waals surface area contributed by atoms with E-state index < -0.39 is 11.7 Å². The van der Waals surface area contributed by atoms with Crippen LogP contribution in [0.15, 0.2) is 12.3 Å². The van der Waals surface area contributed by atoms with E-state index in [9.17, 15) is 18.4 Å². The summed E-state index contributed by atoms with van der Waals surface area (Å²) in [5.41, 5.74) is -0.893. The second-order valence-electron chi connectivity index (χ2n) is 2.53. The lowest BCUT2D eigenvalue weighted by Crippen LogP contribution is -2.30. The van der Waals surface area contributed by atoms with Gasteiger partial charge in [-0.15, -0.1) is 0 Å². The number of hydrogen-bond acceptors (Lipinski definition) is 1. The van der Waals surface area contributed by atoms with Gasteiger partial charge < -0.3 is 5.21 Å². The van der Waals surface area contributed by atoms with Gasteiger partial charge in [0.05, 0.1) is 0 Å². The molecule has 0 saturated carbocycles. The van der Waals surface area contributed by atoms with Crippen LogP contribution in [0.2, 0.25) is 5.15 Å². The zero-order valence-electron chi connectivity index (χ0n) is 6.52. The Bertz CT molecular complexity index is 314. The number of aryl methyl sites for hydroxylation is 1. The fourth-order valence-corrected chi connectivity index (χ4v) is 0.945. The molecule has 13 heavy (non-hydrogen) atoms. The monoisotopic (exact) mass is 211 g/mol. The minimum atomic E-state index is -4.51. The van der Waals surface area contributed by atoms with E-state index in [1.54, 1.807) is 0 Å². The Balaban J connectivity index is 3.29. The molecule has 2 nitrogen and oxygen atoms in total. The number of aromatic nitrogens is 1. The molecule has 0 unspecified atom stereocenters. The topological polar surface area (TPSA) is 26.9 Å². The zero-order valence-corrected chi connectivity index (χ0v) is 7.28. The van der Waals surface area contributed by atoms with Crippen LogP contribution in [0.4, 0.5) is 13.2 Å². The Morgan fingerprint density at radius 2 is 2.00 bits per heavy atom. The SMILES string of the molecule is Cc1cc(C(F)(F)F)c[n+]([O-])c1Cl. The number of halogens is 4. The van der Waals surface area contributed by atoms with Gasteiger partial charge in [-0.3, -0.25) is 0 Å². The molecular weight excluding hydrogens is 207 g/mol. The van der Waals surface area contributed by atoms with Gasteiger partial charge >= 0.3 is 6.18 Å². The van der Waals surface area contributed by atoms with Crippen LogP contribution in [-0.4, -0.2) is 0 Å². The van der Waals surface area contributed by atoms with E-state index in [4.69, 9.17) is 11.6 Å². The minimum Gasteiger partial charge on any atom is -0.618 e. The molecule has 0 atom stereocenters. The third-order valence-electron chi connectivity index (χ3n) is 1.47. The molecule has 1 aromatic heterocycles. The average Bonchev–Trinajstić information content (AvgIpc) is 1.97. The fraction of sp³-hybridized carbons (Fsp3) is 0.286. The van der Waals surface area contributed by atoms with Gasteiger partial charge in [0, 0.05) is 5.56 Å². The minimum absolute atomic E-state index is 0.000285. The first kappa shape index (κ1) is 10.1. The summed E-state index contributed by atoms with van der Waals surface area (Å²) >= 11 is 5.38. The molecule has 0 saturated heterocycles. The van der Waals surface area contributed by atoms with Crippen LogP contribution in [0.25, 0.3) is 0 Å². The number of hydrogen-bond donors (Lipinski definition) is 0. The van der Waals surface area contributed by atoms with Crippen molar-refractivity contribution in [1.29, 1.82) is 0 Å². The maximum absolute atomic E-state index is 12.1. The highest BCUT2D eigenvalue weighted by Gasteiger charge is 2.34. The number of alkyl halides is 3. The molecule has 1 aromatic rings. The Labute approximate surface area is 77.1 Å². The molecule has 1 rings (SSSR count). The average molecular weight is 212 g/mol. The predicted molar refractivity (Wildman–Crippen MR) is 40.2 cm³/mol. The van der Waals surface area contributed by atoms with Crippen LogP contribution >= 0.6 is 11.6 Å². The van der Waals surface area contributed by atoms with E-state index in [0.717, 1.165) is 6.07 Å². The Hall–Kier alpha value is -0.970. The quantitative estimate of drug-likeness (QED) is 0.368. The smallest absolute Gasteiger partial charge is 0.422 e. The molecule has 0 fully saturated rings. The lowest BCUT2D eigenvalue weighted by molar-refractivity contribution is -0.604. The summed E-state index contributed by atoms with van der Waals surface area (Å²) in [7, 11) is 0. The molecule has 0 aliphatic rings. The molecule has 0 radical (unpaired) electrons. The third kappa shape index (κ3) is 2.03. The van der Waals surface area contributed by atoms with Gasteiger partial charge in [0.1, 0.15) is 5.56 Å². The zero-order chi connectivity index (χ0) is 10.2. The van der Waals surface area contributed by atoms with Gasteiger partial charge in [-0.2, -0.15) is 17.9 Å². The highest BCUT2D eigenvalue weighted by molar-refractivity contribution is 6.29. The Morgan fingerprint density at radius 1 is 1.46 bits per heavy atom. The fourth-order valence-electron chi connectivity index (χ4n) is 0.842. The van der Waals surface area contributed by atoms with Crippen LogP contribution in [-0.2, 0) is 6.18 Å². The summed E-state index contributed by atoms with van der Waals surface area (Å²) in [5.74, 6) is 0. The highest BCUT2D eigenvalue weighted by Crippen LogP contribution is 2.29. The van der Waals surface area contributed by atoms with Crippen molar-refractivity contribution in [2.75, 3.05) is 0 Å². The first-order valence-corrected chi connectivity index (χ1v) is 3.66. The summed E-state index contributed by atoms with van der Waals surface area (Å²) in [6.07, 6.45) is -4.10. The first-order valence-electron chi connectivity index (χ1n) is 3.29. The largest absolute Gasteiger partial charge is 0.618 e. The molecule has 0 aromatic carbocycles. The molecule has 0 aliphatic heterocycles. The highest BCUT2D eigenvalue weighted by atomic mass is 35.5. The molecule has 6 heteroatoms. The molecule has 0 spiro atoms. The third-order valence-corrected chi connectivity index (χ3v) is 1.94. The van der Waals surface area contributed by atoms with Crippen molar-refractivity contribution in [1.82, 2.24) is 0 Å². The van der Waals surface area contributed by atoms with E-state index in [-0.39, 0.29) is 15.4 Å². The second kappa shape index (κ2) is 3.06. The van der Waals surface area contributed by atoms with Crippen LogP contribution in [0.1, 0.15) is 11.1 Å². The van der Waals surface area contributed by atoms with Crippen LogP contribution in [0.3, 0.4) is 0 Å². The van der Waals surface area contributed by atoms with Gasteiger partial charge in [0.2, 0.25) is 0 Å². The van der Waals surface area contributed by atoms with Crippen molar-refractivity contribution >= 4 is 11.6 Å². The summed E-state index contributed by atoms with van der Waals surface area (Å²) < 4.78 is 36.3. The second-order valence-corrected chi connectivity index (χ2v) is 2.88. The summed E-state index contributed by atoms with van der Waals surface area (Å²) in [6, 6.07) is 0.830.